The van der Waals surface area contributed by atoms with Crippen molar-refractivity contribution < 1.29 is 19.5 Å². The van der Waals surface area contributed by atoms with Gasteiger partial charge in [0, 0.05) is 6.42 Å². The molecule has 0 saturated heterocycles. The molecule has 0 heterocycles. The van der Waals surface area contributed by atoms with Crippen LogP contribution in [0.4, 0.5) is 0 Å². The van der Waals surface area contributed by atoms with Crippen LogP contribution in [0.15, 0.2) is 11.8 Å². The zero-order chi connectivity index (χ0) is 19.8. The molecule has 26 heavy (non-hydrogen) atoms. The van der Waals surface area contributed by atoms with E-state index in [1.165, 1.54) is 0 Å². The molecule has 0 aromatic carbocycles. The molecule has 0 aliphatic carbocycles. The molecule has 0 spiro atoms. The standard InChI is InChI=1S/C22H43NO3/c1-5-9-12-13-16-20(24)19-23(17-14-10-6-2,18-15-11-7-3)21(8-4)22(25)26/h16,21H,5-15,17-19H2,1-4H3,(H-,24,25,26)/b20-16-. The van der Waals surface area contributed by atoms with Crippen LogP contribution in [0.2, 0.25) is 0 Å². The Morgan fingerprint density at radius 1 is 0.923 bits per heavy atom. The zero-order valence-corrected chi connectivity index (χ0v) is 17.8. The summed E-state index contributed by atoms with van der Waals surface area (Å²) in [5, 5.41) is 22.5. The Morgan fingerprint density at radius 3 is 1.85 bits per heavy atom. The lowest BCUT2D eigenvalue weighted by Crippen LogP contribution is -2.63. The van der Waals surface area contributed by atoms with Gasteiger partial charge >= 0.3 is 0 Å². The van der Waals surface area contributed by atoms with E-state index in [1.54, 1.807) is 0 Å². The van der Waals surface area contributed by atoms with Gasteiger partial charge in [0.2, 0.25) is 0 Å². The minimum absolute atomic E-state index is 0.355. The molecule has 4 nitrogen and oxygen atoms in total. The first-order chi connectivity index (χ1) is 12.5. The number of carbonyl (C=O) groups excluding carboxylic acids is 1. The van der Waals surface area contributed by atoms with E-state index in [-0.39, 0.29) is 0 Å². The molecular weight excluding hydrogens is 326 g/mol. The number of aliphatic hydroxyl groups is 1. The largest absolute Gasteiger partial charge is 0.544 e. The maximum Gasteiger partial charge on any atom is 0.143 e. The number of allylic oxidation sites excluding steroid dienone is 1. The highest BCUT2D eigenvalue weighted by atomic mass is 16.4. The van der Waals surface area contributed by atoms with Gasteiger partial charge in [0.15, 0.2) is 0 Å². The number of unbranched alkanes of at least 4 members (excludes halogenated alkanes) is 7. The number of hydrogen-bond acceptors (Lipinski definition) is 3. The van der Waals surface area contributed by atoms with Crippen molar-refractivity contribution in [3.63, 3.8) is 0 Å². The lowest BCUT2D eigenvalue weighted by Gasteiger charge is -2.45. The molecule has 1 N–H and O–H groups in total. The quantitative estimate of drug-likeness (QED) is 0.229. The van der Waals surface area contributed by atoms with E-state index in [0.29, 0.717) is 23.2 Å². The predicted octanol–water partition coefficient (Wildman–Crippen LogP) is 4.73. The number of aliphatic hydroxyl groups excluding tert-OH is 1. The predicted molar refractivity (Wildman–Crippen MR) is 108 cm³/mol. The van der Waals surface area contributed by atoms with Crippen LogP contribution in [0.3, 0.4) is 0 Å². The van der Waals surface area contributed by atoms with Gasteiger partial charge in [-0.3, -0.25) is 0 Å². The molecule has 1 unspecified atom stereocenters. The van der Waals surface area contributed by atoms with Crippen LogP contribution in [0.1, 0.15) is 98.3 Å². The van der Waals surface area contributed by atoms with Crippen molar-refractivity contribution in [3.8, 4) is 0 Å². The second kappa shape index (κ2) is 15.1. The van der Waals surface area contributed by atoms with E-state index < -0.39 is 12.0 Å². The van der Waals surface area contributed by atoms with Gasteiger partial charge in [-0.05, 0) is 44.6 Å². The summed E-state index contributed by atoms with van der Waals surface area (Å²) in [5.41, 5.74) is 0. The number of hydrogen-bond donors (Lipinski definition) is 1. The summed E-state index contributed by atoms with van der Waals surface area (Å²) in [6, 6.07) is -0.546. The molecule has 154 valence electrons. The first-order valence-electron chi connectivity index (χ1n) is 10.9. The first-order valence-corrected chi connectivity index (χ1v) is 10.9. The Morgan fingerprint density at radius 2 is 1.42 bits per heavy atom. The molecule has 0 aromatic rings. The van der Waals surface area contributed by atoms with Crippen molar-refractivity contribution in [2.45, 2.75) is 104 Å². The molecule has 0 aromatic heterocycles. The van der Waals surface area contributed by atoms with E-state index in [4.69, 9.17) is 0 Å². The molecule has 0 aliphatic rings. The highest BCUT2D eigenvalue weighted by Gasteiger charge is 2.37. The molecule has 1 atom stereocenters. The van der Waals surface area contributed by atoms with Crippen LogP contribution < -0.4 is 5.11 Å². The number of carbonyl (C=O) groups is 1. The van der Waals surface area contributed by atoms with E-state index in [9.17, 15) is 15.0 Å². The monoisotopic (exact) mass is 369 g/mol. The molecule has 0 radical (unpaired) electrons. The Kier molecular flexibility index (Phi) is 14.5. The highest BCUT2D eigenvalue weighted by Crippen LogP contribution is 2.23. The maximum atomic E-state index is 11.9. The zero-order valence-electron chi connectivity index (χ0n) is 17.8. The summed E-state index contributed by atoms with van der Waals surface area (Å²) in [6.07, 6.45) is 13.1. The molecular formula is C22H43NO3. The van der Waals surface area contributed by atoms with E-state index in [2.05, 4.69) is 20.8 Å². The highest BCUT2D eigenvalue weighted by molar-refractivity contribution is 5.69. The van der Waals surface area contributed by atoms with Gasteiger partial charge in [0.05, 0.1) is 19.1 Å². The van der Waals surface area contributed by atoms with Crippen molar-refractivity contribution in [1.29, 1.82) is 0 Å². The minimum atomic E-state index is -0.973. The summed E-state index contributed by atoms with van der Waals surface area (Å²) >= 11 is 0. The second-order valence-corrected chi connectivity index (χ2v) is 7.67. The SMILES string of the molecule is CCCCC/C=C(\O)C[N+](CCCCC)(CCCCC)C(CC)C(=O)[O-]. The van der Waals surface area contributed by atoms with Gasteiger partial charge < -0.3 is 19.5 Å². The third kappa shape index (κ3) is 9.61. The van der Waals surface area contributed by atoms with Crippen molar-refractivity contribution in [1.82, 2.24) is 0 Å². The maximum absolute atomic E-state index is 11.9. The van der Waals surface area contributed by atoms with Gasteiger partial charge in [-0.25, -0.2) is 0 Å². The van der Waals surface area contributed by atoms with Crippen LogP contribution in [0, 0.1) is 0 Å². The first kappa shape index (κ1) is 25.0. The Labute approximate surface area is 161 Å². The van der Waals surface area contributed by atoms with E-state index in [0.717, 1.165) is 77.3 Å². The molecule has 0 rings (SSSR count). The Balaban J connectivity index is 5.40. The van der Waals surface area contributed by atoms with Crippen molar-refractivity contribution in [2.24, 2.45) is 0 Å². The van der Waals surface area contributed by atoms with E-state index >= 15 is 0 Å². The van der Waals surface area contributed by atoms with Crippen LogP contribution >= 0.6 is 0 Å². The fourth-order valence-electron chi connectivity index (χ4n) is 3.87. The summed E-state index contributed by atoms with van der Waals surface area (Å²) in [4.78, 5) is 11.9. The average Bonchev–Trinajstić information content (AvgIpc) is 2.59. The molecule has 0 fully saturated rings. The third-order valence-electron chi connectivity index (χ3n) is 5.40. The molecule has 0 bridgehead atoms. The number of carboxylic acids is 1. The third-order valence-corrected chi connectivity index (χ3v) is 5.40. The number of rotatable bonds is 17. The average molecular weight is 370 g/mol. The summed E-state index contributed by atoms with van der Waals surface area (Å²) in [7, 11) is 0. The lowest BCUT2D eigenvalue weighted by atomic mass is 10.0. The Bertz CT molecular complexity index is 383. The topological polar surface area (TPSA) is 60.4 Å². The number of carboxylic acid groups (broad SMARTS) is 1. The Hall–Kier alpha value is -1.03. The number of quaternary nitrogens is 1. The summed E-state index contributed by atoms with van der Waals surface area (Å²) in [5.74, 6) is -0.618. The number of aliphatic carboxylic acids is 1. The van der Waals surface area contributed by atoms with Gasteiger partial charge in [-0.15, -0.1) is 0 Å². The normalized spacial score (nSPS) is 13.8. The smallest absolute Gasteiger partial charge is 0.143 e. The summed E-state index contributed by atoms with van der Waals surface area (Å²) in [6.45, 7) is 10.4. The van der Waals surface area contributed by atoms with Gasteiger partial charge in [-0.2, -0.15) is 0 Å². The fourth-order valence-corrected chi connectivity index (χ4v) is 3.87. The van der Waals surface area contributed by atoms with Gasteiger partial charge in [0.25, 0.3) is 0 Å². The minimum Gasteiger partial charge on any atom is -0.544 e. The van der Waals surface area contributed by atoms with Crippen LogP contribution in [-0.4, -0.2) is 41.2 Å². The van der Waals surface area contributed by atoms with Gasteiger partial charge in [0.1, 0.15) is 18.3 Å². The van der Waals surface area contributed by atoms with Crippen LogP contribution in [0.5, 0.6) is 0 Å². The number of nitrogens with zero attached hydrogens (tertiary/aromatic N) is 1. The van der Waals surface area contributed by atoms with Crippen molar-refractivity contribution in [2.75, 3.05) is 19.6 Å². The molecule has 0 aliphatic heterocycles. The van der Waals surface area contributed by atoms with Gasteiger partial charge in [-0.1, -0.05) is 53.4 Å². The van der Waals surface area contributed by atoms with Crippen LogP contribution in [-0.2, 0) is 4.79 Å². The fraction of sp³-hybridized carbons (Fsp3) is 0.864. The molecule has 4 heteroatoms. The second-order valence-electron chi connectivity index (χ2n) is 7.67. The lowest BCUT2D eigenvalue weighted by molar-refractivity contribution is -0.942. The van der Waals surface area contributed by atoms with Crippen LogP contribution in [0.25, 0.3) is 0 Å². The van der Waals surface area contributed by atoms with Crippen molar-refractivity contribution in [3.05, 3.63) is 11.8 Å². The molecule has 0 amide bonds. The summed E-state index contributed by atoms with van der Waals surface area (Å²) < 4.78 is 0.439. The van der Waals surface area contributed by atoms with E-state index in [1.807, 2.05) is 13.0 Å². The van der Waals surface area contributed by atoms with Crippen molar-refractivity contribution >= 4 is 5.97 Å². The molecule has 0 saturated carbocycles.